The summed E-state index contributed by atoms with van der Waals surface area (Å²) in [6.07, 6.45) is 0. The Morgan fingerprint density at radius 2 is 1.88 bits per heavy atom. The molecule has 0 heterocycles. The zero-order chi connectivity index (χ0) is 11.3. The van der Waals surface area contributed by atoms with Crippen molar-refractivity contribution in [1.29, 1.82) is 0 Å². The quantitative estimate of drug-likeness (QED) is 0.536. The molecule has 0 radical (unpaired) electrons. The molecule has 1 aromatic carbocycles. The van der Waals surface area contributed by atoms with E-state index in [9.17, 15) is 13.2 Å². The van der Waals surface area contributed by atoms with Gasteiger partial charge < -0.3 is 1.43 Å². The Bertz CT molecular complexity index is 436. The van der Waals surface area contributed by atoms with Gasteiger partial charge in [-0.15, -0.1) is 0 Å². The van der Waals surface area contributed by atoms with Gasteiger partial charge in [0.1, 0.15) is 0 Å². The molecule has 0 aliphatic carbocycles. The number of hydrogen-bond acceptors (Lipinski definition) is 4. The molecule has 1 N–H and O–H groups in total. The zero-order valence-corrected chi connectivity index (χ0v) is 12.4. The van der Waals surface area contributed by atoms with E-state index in [-0.39, 0.29) is 41.9 Å². The first-order chi connectivity index (χ1) is 6.99. The molecule has 0 spiro atoms. The van der Waals surface area contributed by atoms with Gasteiger partial charge in [-0.05, 0) is 0 Å². The van der Waals surface area contributed by atoms with Crippen LogP contribution >= 0.6 is 11.8 Å². The maximum atomic E-state index is 11.4. The van der Waals surface area contributed by atoms with E-state index in [0.717, 1.165) is 11.8 Å². The Kier molecular flexibility index (Phi) is 7.54. The fourth-order valence-corrected chi connectivity index (χ4v) is 2.56. The van der Waals surface area contributed by atoms with Crippen LogP contribution in [0.1, 0.15) is 11.8 Å². The van der Waals surface area contributed by atoms with Gasteiger partial charge in [-0.2, -0.15) is 8.42 Å². The molecule has 1 rings (SSSR count). The van der Waals surface area contributed by atoms with Crippen LogP contribution in [-0.2, 0) is 10.1 Å². The summed E-state index contributed by atoms with van der Waals surface area (Å²) in [6.45, 7) is 0. The van der Waals surface area contributed by atoms with Crippen molar-refractivity contribution in [2.24, 2.45) is 0 Å². The molecule has 4 nitrogen and oxygen atoms in total. The molecule has 0 saturated carbocycles. The standard InChI is InChI=1S/C9H10O4S2.Na.H/c10-9(8-4-2-1-3-5-8)14-6-7-15(11,12)13;;/h1-5H,6-7H2,(H,11,12,13);;/q;+1;-1. The second kappa shape index (κ2) is 7.47. The zero-order valence-electron chi connectivity index (χ0n) is 9.79. The van der Waals surface area contributed by atoms with Gasteiger partial charge in [-0.25, -0.2) is 0 Å². The van der Waals surface area contributed by atoms with E-state index in [2.05, 4.69) is 0 Å². The number of carbonyl (C=O) groups is 1. The normalized spacial score (nSPS) is 10.6. The summed E-state index contributed by atoms with van der Waals surface area (Å²) in [5.41, 5.74) is 0.526. The second-order valence-corrected chi connectivity index (χ2v) is 5.43. The molecule has 0 aliphatic heterocycles. The van der Waals surface area contributed by atoms with Gasteiger partial charge in [0.05, 0.1) is 5.75 Å². The van der Waals surface area contributed by atoms with Crippen LogP contribution in [0.2, 0.25) is 0 Å². The topological polar surface area (TPSA) is 71.4 Å². The van der Waals surface area contributed by atoms with Crippen molar-refractivity contribution in [3.63, 3.8) is 0 Å². The number of thioether (sulfide) groups is 1. The third-order valence-electron chi connectivity index (χ3n) is 1.58. The number of carbonyl (C=O) groups excluding carboxylic acids is 1. The minimum absolute atomic E-state index is 0. The van der Waals surface area contributed by atoms with Gasteiger partial charge in [0.25, 0.3) is 10.1 Å². The Hall–Kier alpha value is 0.150. The summed E-state index contributed by atoms with van der Waals surface area (Å²) >= 11 is 0.878. The van der Waals surface area contributed by atoms with Crippen molar-refractivity contribution in [1.82, 2.24) is 0 Å². The third-order valence-corrected chi connectivity index (χ3v) is 3.47. The summed E-state index contributed by atoms with van der Waals surface area (Å²) in [5, 5.41) is -0.195. The first kappa shape index (κ1) is 16.1. The predicted molar refractivity (Wildman–Crippen MR) is 60.8 cm³/mol. The van der Waals surface area contributed by atoms with E-state index in [1.165, 1.54) is 0 Å². The van der Waals surface area contributed by atoms with Crippen LogP contribution in [0.3, 0.4) is 0 Å². The van der Waals surface area contributed by atoms with Crippen molar-refractivity contribution in [3.8, 4) is 0 Å². The summed E-state index contributed by atoms with van der Waals surface area (Å²) < 4.78 is 29.2. The average Bonchev–Trinajstić information content (AvgIpc) is 2.17. The van der Waals surface area contributed by atoms with Crippen LogP contribution in [-0.4, -0.2) is 29.6 Å². The molecule has 0 aromatic heterocycles. The molecule has 0 atom stereocenters. The Labute approximate surface area is 122 Å². The van der Waals surface area contributed by atoms with Gasteiger partial charge in [0.2, 0.25) is 5.12 Å². The summed E-state index contributed by atoms with van der Waals surface area (Å²) in [6, 6.07) is 8.57. The number of rotatable bonds is 4. The van der Waals surface area contributed by atoms with Crippen molar-refractivity contribution in [3.05, 3.63) is 35.9 Å². The molecular formula is C9H11NaO4S2. The molecule has 0 fully saturated rings. The van der Waals surface area contributed by atoms with Crippen LogP contribution < -0.4 is 29.6 Å². The molecule has 0 unspecified atom stereocenters. The Morgan fingerprint density at radius 3 is 2.38 bits per heavy atom. The van der Waals surface area contributed by atoms with Gasteiger partial charge >= 0.3 is 29.6 Å². The van der Waals surface area contributed by atoms with Crippen molar-refractivity contribution >= 4 is 27.0 Å². The van der Waals surface area contributed by atoms with E-state index >= 15 is 0 Å². The third kappa shape index (κ3) is 6.67. The van der Waals surface area contributed by atoms with E-state index < -0.39 is 15.9 Å². The fraction of sp³-hybridized carbons (Fsp3) is 0.222. The minimum atomic E-state index is -3.98. The largest absolute Gasteiger partial charge is 1.00 e. The molecule has 16 heavy (non-hydrogen) atoms. The maximum Gasteiger partial charge on any atom is 1.00 e. The number of hydrogen-bond donors (Lipinski definition) is 1. The van der Waals surface area contributed by atoms with Crippen molar-refractivity contribution < 1.29 is 48.7 Å². The number of benzene rings is 1. The van der Waals surface area contributed by atoms with Crippen LogP contribution in [0, 0.1) is 0 Å². The maximum absolute atomic E-state index is 11.4. The molecule has 0 aliphatic rings. The Balaban J connectivity index is 0. The first-order valence-corrected chi connectivity index (χ1v) is 6.76. The van der Waals surface area contributed by atoms with Crippen LogP contribution in [0.25, 0.3) is 0 Å². The predicted octanol–water partition coefficient (Wildman–Crippen LogP) is -1.44. The molecule has 1 aromatic rings. The van der Waals surface area contributed by atoms with Gasteiger partial charge in [-0.1, -0.05) is 42.1 Å². The van der Waals surface area contributed by atoms with Gasteiger partial charge in [-0.3, -0.25) is 9.35 Å². The van der Waals surface area contributed by atoms with Crippen LogP contribution in [0.5, 0.6) is 0 Å². The van der Waals surface area contributed by atoms with Gasteiger partial charge in [0, 0.05) is 11.3 Å². The van der Waals surface area contributed by atoms with E-state index in [4.69, 9.17) is 4.55 Å². The average molecular weight is 270 g/mol. The fourth-order valence-electron chi connectivity index (χ4n) is 0.897. The van der Waals surface area contributed by atoms with E-state index in [1.807, 2.05) is 0 Å². The molecule has 7 heteroatoms. The summed E-state index contributed by atoms with van der Waals surface area (Å²) in [4.78, 5) is 11.4. The first-order valence-electron chi connectivity index (χ1n) is 4.16. The van der Waals surface area contributed by atoms with Crippen LogP contribution in [0.4, 0.5) is 0 Å². The summed E-state index contributed by atoms with van der Waals surface area (Å²) in [7, 11) is -3.98. The molecule has 0 saturated heterocycles. The summed E-state index contributed by atoms with van der Waals surface area (Å²) in [5.74, 6) is -0.344. The smallest absolute Gasteiger partial charge is 1.00 e. The van der Waals surface area contributed by atoms with E-state index in [0.29, 0.717) is 5.56 Å². The van der Waals surface area contributed by atoms with Crippen LogP contribution in [0.15, 0.2) is 30.3 Å². The molecule has 0 amide bonds. The molecular weight excluding hydrogens is 259 g/mol. The molecule has 0 bridgehead atoms. The molecule has 84 valence electrons. The Morgan fingerprint density at radius 1 is 1.31 bits per heavy atom. The second-order valence-electron chi connectivity index (χ2n) is 2.79. The monoisotopic (exact) mass is 270 g/mol. The van der Waals surface area contributed by atoms with Crippen molar-refractivity contribution in [2.75, 3.05) is 11.5 Å². The van der Waals surface area contributed by atoms with Gasteiger partial charge in [0.15, 0.2) is 0 Å². The van der Waals surface area contributed by atoms with E-state index in [1.54, 1.807) is 30.3 Å². The minimum Gasteiger partial charge on any atom is -1.00 e. The van der Waals surface area contributed by atoms with Crippen molar-refractivity contribution in [2.45, 2.75) is 0 Å². The SMILES string of the molecule is O=C(SCCS(=O)(=O)O)c1ccccc1.[H-].[Na+].